The summed E-state index contributed by atoms with van der Waals surface area (Å²) in [6.45, 7) is 16.7. The Labute approximate surface area is 202 Å². The number of para-hydroxylation sites is 1. The number of amides is 2. The molecule has 8 heteroatoms. The summed E-state index contributed by atoms with van der Waals surface area (Å²) in [5.74, 6) is 0.196. The minimum atomic E-state index is -0.542. The highest BCUT2D eigenvalue weighted by Gasteiger charge is 2.09. The first-order valence-electron chi connectivity index (χ1n) is 11.1. The Morgan fingerprint density at radius 2 is 1.76 bits per heavy atom. The number of halogens is 1. The van der Waals surface area contributed by atoms with Gasteiger partial charge in [0.15, 0.2) is 0 Å². The Morgan fingerprint density at radius 1 is 1.12 bits per heavy atom. The molecule has 3 N–H and O–H groups in total. The lowest BCUT2D eigenvalue weighted by molar-refractivity contribution is 0.262. The number of carbonyl (C=O) groups excluding carboxylic acids is 1. The largest absolute Gasteiger partial charge is 0.428 e. The van der Waals surface area contributed by atoms with Crippen molar-refractivity contribution in [2.24, 2.45) is 4.99 Å². The predicted molar refractivity (Wildman–Crippen MR) is 142 cm³/mol. The van der Waals surface area contributed by atoms with Crippen LogP contribution in [-0.4, -0.2) is 24.8 Å². The van der Waals surface area contributed by atoms with Crippen molar-refractivity contribution < 1.29 is 13.6 Å². The Morgan fingerprint density at radius 3 is 2.38 bits per heavy atom. The van der Waals surface area contributed by atoms with Crippen molar-refractivity contribution in [2.45, 2.75) is 41.0 Å². The van der Waals surface area contributed by atoms with Crippen LogP contribution in [0.5, 0.6) is 0 Å². The minimum Gasteiger partial charge on any atom is -0.428 e. The molecule has 7 nitrogen and oxygen atoms in total. The van der Waals surface area contributed by atoms with Crippen LogP contribution in [0.3, 0.4) is 0 Å². The van der Waals surface area contributed by atoms with Gasteiger partial charge in [0.1, 0.15) is 11.6 Å². The van der Waals surface area contributed by atoms with Gasteiger partial charge in [0.05, 0.1) is 11.9 Å². The molecule has 0 aliphatic carbocycles. The fourth-order valence-corrected chi connectivity index (χ4v) is 2.40. The first-order valence-corrected chi connectivity index (χ1v) is 11.1. The van der Waals surface area contributed by atoms with Crippen LogP contribution >= 0.6 is 0 Å². The van der Waals surface area contributed by atoms with E-state index in [0.717, 1.165) is 11.3 Å². The quantitative estimate of drug-likeness (QED) is 0.256. The van der Waals surface area contributed by atoms with Gasteiger partial charge in [-0.3, -0.25) is 0 Å². The molecule has 0 radical (unpaired) electrons. The normalized spacial score (nSPS) is 8.91. The monoisotopic (exact) mass is 469 g/mol. The van der Waals surface area contributed by atoms with E-state index in [-0.39, 0.29) is 5.69 Å². The Bertz CT molecular complexity index is 1020. The molecule has 0 aliphatic rings. The van der Waals surface area contributed by atoms with Crippen LogP contribution < -0.4 is 16.0 Å². The summed E-state index contributed by atoms with van der Waals surface area (Å²) in [6, 6.07) is 11.1. The second kappa shape index (κ2) is 17.6. The molecule has 0 saturated carbocycles. The van der Waals surface area contributed by atoms with Crippen molar-refractivity contribution in [3.05, 3.63) is 78.5 Å². The van der Waals surface area contributed by atoms with Crippen LogP contribution in [0.1, 0.15) is 39.0 Å². The number of aryl methyl sites for hydroxylation is 1. The van der Waals surface area contributed by atoms with Gasteiger partial charge in [-0.05, 0) is 43.5 Å². The van der Waals surface area contributed by atoms with Gasteiger partial charge in [0.2, 0.25) is 0 Å². The molecule has 1 aromatic heterocycles. The van der Waals surface area contributed by atoms with Gasteiger partial charge in [-0.1, -0.05) is 52.0 Å². The molecule has 3 aromatic rings. The number of oxazole rings is 1. The molecule has 0 unspecified atom stereocenters. The lowest BCUT2D eigenvalue weighted by atomic mass is 10.2. The predicted octanol–water partition coefficient (Wildman–Crippen LogP) is 7.61. The van der Waals surface area contributed by atoms with Gasteiger partial charge in [-0.25, -0.2) is 14.2 Å². The number of aromatic nitrogens is 1. The highest BCUT2D eigenvalue weighted by molar-refractivity contribution is 6.00. The average Bonchev–Trinajstić information content (AvgIpc) is 3.28. The number of hydrogen-bond donors (Lipinski definition) is 3. The van der Waals surface area contributed by atoms with E-state index < -0.39 is 11.8 Å². The molecular weight excluding hydrogens is 433 g/mol. The molecule has 1 heterocycles. The second-order valence-electron chi connectivity index (χ2n) is 6.15. The van der Waals surface area contributed by atoms with E-state index in [0.29, 0.717) is 23.9 Å². The van der Waals surface area contributed by atoms with Crippen LogP contribution in [0, 0.1) is 12.7 Å². The van der Waals surface area contributed by atoms with Crippen molar-refractivity contribution in [3.8, 4) is 0 Å². The first-order chi connectivity index (χ1) is 16.5. The zero-order valence-electron chi connectivity index (χ0n) is 20.9. The molecule has 2 amide bonds. The first kappa shape index (κ1) is 30.1. The average molecular weight is 470 g/mol. The number of carbonyl (C=O) groups is 1. The van der Waals surface area contributed by atoms with Gasteiger partial charge in [-0.2, -0.15) is 0 Å². The standard InChI is InChI=1S/C20H19FN4O2.C2H5N.2C2H6/c1-3-6-15-12-22-20(27-15)25-18-11-14(10-9-13(18)2)23-19(26)24-17-8-5-4-7-16(17)21;1-3-2;2*1-2/h3-5,7-12H,1,6H2,2H3,(H,22,25)(H2,23,24,26);1H2,2H3;2*1-2H3. The molecule has 3 rings (SSSR count). The summed E-state index contributed by atoms with van der Waals surface area (Å²) in [5, 5.41) is 8.23. The number of urea groups is 1. The Hall–Kier alpha value is -3.94. The van der Waals surface area contributed by atoms with Crippen LogP contribution in [0.4, 0.5) is 32.3 Å². The van der Waals surface area contributed by atoms with Gasteiger partial charge < -0.3 is 25.4 Å². The Balaban J connectivity index is 0.00000141. The number of nitrogens with one attached hydrogen (secondary N) is 3. The van der Waals surface area contributed by atoms with E-state index in [2.05, 4.69) is 39.2 Å². The zero-order valence-corrected chi connectivity index (χ0v) is 20.9. The number of anilines is 4. The molecule has 184 valence electrons. The molecule has 34 heavy (non-hydrogen) atoms. The lowest BCUT2D eigenvalue weighted by Gasteiger charge is -2.11. The number of aliphatic imine (C=N–C) groups is 1. The number of hydrogen-bond acceptors (Lipinski definition) is 5. The maximum atomic E-state index is 13.6. The van der Waals surface area contributed by atoms with Crippen LogP contribution in [-0.2, 0) is 6.42 Å². The highest BCUT2D eigenvalue weighted by Crippen LogP contribution is 2.24. The third kappa shape index (κ3) is 10.6. The lowest BCUT2D eigenvalue weighted by Crippen LogP contribution is -2.20. The van der Waals surface area contributed by atoms with E-state index in [4.69, 9.17) is 4.42 Å². The number of allylic oxidation sites excluding steroid dienone is 1. The van der Waals surface area contributed by atoms with Gasteiger partial charge in [0.25, 0.3) is 6.01 Å². The van der Waals surface area contributed by atoms with Gasteiger partial charge in [0, 0.05) is 24.8 Å². The van der Waals surface area contributed by atoms with E-state index >= 15 is 0 Å². The van der Waals surface area contributed by atoms with Gasteiger partial charge in [-0.15, -0.1) is 6.58 Å². The molecule has 0 atom stereocenters. The summed E-state index contributed by atoms with van der Waals surface area (Å²) in [7, 11) is 1.64. The third-order valence-electron chi connectivity index (χ3n) is 3.76. The zero-order chi connectivity index (χ0) is 25.9. The fourth-order valence-electron chi connectivity index (χ4n) is 2.40. The summed E-state index contributed by atoms with van der Waals surface area (Å²) in [6.07, 6.45) is 3.95. The fraction of sp³-hybridized carbons (Fsp3) is 0.269. The number of rotatable bonds is 6. The van der Waals surface area contributed by atoms with Crippen molar-refractivity contribution in [1.82, 2.24) is 4.98 Å². The smallest absolute Gasteiger partial charge is 0.323 e. The molecule has 0 fully saturated rings. The van der Waals surface area contributed by atoms with Crippen LogP contribution in [0.15, 0.2) is 70.7 Å². The van der Waals surface area contributed by atoms with E-state index in [9.17, 15) is 9.18 Å². The minimum absolute atomic E-state index is 0.106. The third-order valence-corrected chi connectivity index (χ3v) is 3.76. The summed E-state index contributed by atoms with van der Waals surface area (Å²) >= 11 is 0. The summed E-state index contributed by atoms with van der Waals surface area (Å²) < 4.78 is 19.2. The molecule has 2 aromatic carbocycles. The van der Waals surface area contributed by atoms with Crippen molar-refractivity contribution >= 4 is 35.8 Å². The molecule has 0 saturated heterocycles. The summed E-state index contributed by atoms with van der Waals surface area (Å²) in [5.41, 5.74) is 2.31. The Kier molecular flexibility index (Phi) is 15.6. The highest BCUT2D eigenvalue weighted by atomic mass is 19.1. The molecular formula is C26H36FN5O2. The summed E-state index contributed by atoms with van der Waals surface area (Å²) in [4.78, 5) is 19.5. The number of nitrogens with zero attached hydrogens (tertiary/aromatic N) is 2. The van der Waals surface area contributed by atoms with Crippen molar-refractivity contribution in [2.75, 3.05) is 23.0 Å². The maximum Gasteiger partial charge on any atom is 0.323 e. The van der Waals surface area contributed by atoms with E-state index in [1.807, 2.05) is 40.7 Å². The molecule has 0 aliphatic heterocycles. The molecule has 0 spiro atoms. The van der Waals surface area contributed by atoms with Crippen LogP contribution in [0.25, 0.3) is 0 Å². The van der Waals surface area contributed by atoms with E-state index in [1.165, 1.54) is 12.1 Å². The number of benzene rings is 2. The SMILES string of the molecule is C=CCc1cnc(Nc2cc(NC(=O)Nc3ccccc3F)ccc2C)o1.C=NC.CC.CC. The van der Waals surface area contributed by atoms with Crippen molar-refractivity contribution in [3.63, 3.8) is 0 Å². The van der Waals surface area contributed by atoms with Gasteiger partial charge >= 0.3 is 6.03 Å². The van der Waals surface area contributed by atoms with Crippen molar-refractivity contribution in [1.29, 1.82) is 0 Å². The van der Waals surface area contributed by atoms with E-state index in [1.54, 1.807) is 43.6 Å². The van der Waals surface area contributed by atoms with Crippen LogP contribution in [0.2, 0.25) is 0 Å². The topological polar surface area (TPSA) is 91.5 Å². The molecule has 0 bridgehead atoms. The maximum absolute atomic E-state index is 13.6. The second-order valence-corrected chi connectivity index (χ2v) is 6.15.